The molecule has 0 N–H and O–H groups in total. The van der Waals surface area contributed by atoms with E-state index < -0.39 is 10.0 Å². The summed E-state index contributed by atoms with van der Waals surface area (Å²) in [5.74, 6) is 0. The number of sulfonamides is 1. The van der Waals surface area contributed by atoms with Crippen molar-refractivity contribution >= 4 is 10.0 Å². The molecule has 0 spiro atoms. The first-order valence-corrected chi connectivity index (χ1v) is 8.24. The van der Waals surface area contributed by atoms with Crippen LogP contribution in [0.3, 0.4) is 0 Å². The Bertz CT molecular complexity index is 695. The van der Waals surface area contributed by atoms with Crippen LogP contribution in [0.2, 0.25) is 0 Å². The molecule has 0 aliphatic carbocycles. The fraction of sp³-hybridized carbons (Fsp3) is 0.250. The van der Waals surface area contributed by atoms with Crippen LogP contribution in [0, 0.1) is 0 Å². The van der Waals surface area contributed by atoms with Crippen molar-refractivity contribution in [3.8, 4) is 0 Å². The van der Waals surface area contributed by atoms with Crippen molar-refractivity contribution < 1.29 is 8.42 Å². The molecule has 0 amide bonds. The van der Waals surface area contributed by atoms with Crippen LogP contribution >= 0.6 is 0 Å². The van der Waals surface area contributed by atoms with Crippen molar-refractivity contribution in [3.05, 3.63) is 65.7 Å². The second kappa shape index (κ2) is 5.38. The average molecular weight is 287 g/mol. The van der Waals surface area contributed by atoms with Crippen molar-refractivity contribution in [1.82, 2.24) is 4.31 Å². The van der Waals surface area contributed by atoms with Gasteiger partial charge in [-0.1, -0.05) is 42.5 Å². The molecule has 0 aromatic heterocycles. The zero-order chi connectivity index (χ0) is 14.0. The zero-order valence-corrected chi connectivity index (χ0v) is 12.0. The van der Waals surface area contributed by atoms with Gasteiger partial charge in [0.25, 0.3) is 0 Å². The molecule has 0 unspecified atom stereocenters. The minimum absolute atomic E-state index is 0.374. The summed E-state index contributed by atoms with van der Waals surface area (Å²) in [5, 5.41) is 0. The van der Waals surface area contributed by atoms with Gasteiger partial charge in [0.1, 0.15) is 0 Å². The third kappa shape index (κ3) is 2.49. The van der Waals surface area contributed by atoms with E-state index in [1.54, 1.807) is 28.6 Å². The first kappa shape index (κ1) is 13.3. The SMILES string of the molecule is O=S(=O)(c1ccccc1)N1CCCc2ccccc2C1. The maximum absolute atomic E-state index is 12.7. The lowest BCUT2D eigenvalue weighted by atomic mass is 10.0. The first-order valence-electron chi connectivity index (χ1n) is 6.80. The molecule has 1 aliphatic heterocycles. The normalized spacial score (nSPS) is 16.4. The molecule has 0 bridgehead atoms. The lowest BCUT2D eigenvalue weighted by Crippen LogP contribution is -2.30. The van der Waals surface area contributed by atoms with E-state index in [4.69, 9.17) is 0 Å². The number of aryl methyl sites for hydroxylation is 1. The summed E-state index contributed by atoms with van der Waals surface area (Å²) in [7, 11) is -3.39. The largest absolute Gasteiger partial charge is 0.243 e. The fourth-order valence-electron chi connectivity index (χ4n) is 2.62. The Kier molecular flexibility index (Phi) is 3.59. The number of fused-ring (bicyclic) bond motifs is 1. The molecule has 4 heteroatoms. The summed E-state index contributed by atoms with van der Waals surface area (Å²) >= 11 is 0. The standard InChI is InChI=1S/C16H17NO2S/c18-20(19,16-10-2-1-3-11-16)17-12-6-9-14-7-4-5-8-15(14)13-17/h1-5,7-8,10-11H,6,9,12-13H2. The van der Waals surface area contributed by atoms with Gasteiger partial charge in [0, 0.05) is 13.1 Å². The Morgan fingerprint density at radius 1 is 0.850 bits per heavy atom. The van der Waals surface area contributed by atoms with Crippen LogP contribution in [0.15, 0.2) is 59.5 Å². The molecule has 0 radical (unpaired) electrons. The van der Waals surface area contributed by atoms with Crippen LogP contribution in [0.4, 0.5) is 0 Å². The number of hydrogen-bond donors (Lipinski definition) is 0. The van der Waals surface area contributed by atoms with Crippen molar-refractivity contribution in [2.75, 3.05) is 6.54 Å². The molecular formula is C16H17NO2S. The van der Waals surface area contributed by atoms with E-state index >= 15 is 0 Å². The van der Waals surface area contributed by atoms with Crippen LogP contribution in [0.1, 0.15) is 17.5 Å². The molecule has 0 saturated heterocycles. The Morgan fingerprint density at radius 3 is 2.25 bits per heavy atom. The third-order valence-corrected chi connectivity index (χ3v) is 5.56. The molecule has 1 heterocycles. The van der Waals surface area contributed by atoms with Gasteiger partial charge in [-0.15, -0.1) is 0 Å². The van der Waals surface area contributed by atoms with E-state index in [1.165, 1.54) is 5.56 Å². The molecule has 3 nitrogen and oxygen atoms in total. The molecule has 0 saturated carbocycles. The lowest BCUT2D eigenvalue weighted by molar-refractivity contribution is 0.410. The van der Waals surface area contributed by atoms with E-state index in [1.807, 2.05) is 24.3 Å². The van der Waals surface area contributed by atoms with Gasteiger partial charge in [-0.25, -0.2) is 8.42 Å². The maximum atomic E-state index is 12.7. The monoisotopic (exact) mass is 287 g/mol. The molecule has 2 aromatic rings. The summed E-state index contributed by atoms with van der Waals surface area (Å²) in [4.78, 5) is 0.374. The molecule has 2 aromatic carbocycles. The number of benzene rings is 2. The van der Waals surface area contributed by atoms with Gasteiger partial charge in [-0.3, -0.25) is 0 Å². The summed E-state index contributed by atoms with van der Waals surface area (Å²) in [6.45, 7) is 1.04. The highest BCUT2D eigenvalue weighted by Gasteiger charge is 2.26. The minimum atomic E-state index is -3.39. The topological polar surface area (TPSA) is 37.4 Å². The van der Waals surface area contributed by atoms with Gasteiger partial charge in [0.05, 0.1) is 4.90 Å². The molecule has 20 heavy (non-hydrogen) atoms. The van der Waals surface area contributed by atoms with Crippen molar-refractivity contribution in [3.63, 3.8) is 0 Å². The van der Waals surface area contributed by atoms with Gasteiger partial charge in [0.2, 0.25) is 10.0 Å². The van der Waals surface area contributed by atoms with E-state index in [9.17, 15) is 8.42 Å². The van der Waals surface area contributed by atoms with Gasteiger partial charge in [-0.05, 0) is 36.1 Å². The lowest BCUT2D eigenvalue weighted by Gasteiger charge is -2.20. The van der Waals surface area contributed by atoms with Gasteiger partial charge >= 0.3 is 0 Å². The van der Waals surface area contributed by atoms with E-state index in [-0.39, 0.29) is 0 Å². The highest BCUT2D eigenvalue weighted by atomic mass is 32.2. The van der Waals surface area contributed by atoms with Gasteiger partial charge in [-0.2, -0.15) is 4.31 Å². The Hall–Kier alpha value is -1.65. The van der Waals surface area contributed by atoms with Crippen LogP contribution in [0.5, 0.6) is 0 Å². The van der Waals surface area contributed by atoms with Crippen LogP contribution in [-0.2, 0) is 23.0 Å². The Labute approximate surface area is 119 Å². The highest BCUT2D eigenvalue weighted by Crippen LogP contribution is 2.24. The Morgan fingerprint density at radius 2 is 1.50 bits per heavy atom. The number of hydrogen-bond acceptors (Lipinski definition) is 2. The predicted molar refractivity (Wildman–Crippen MR) is 78.8 cm³/mol. The number of rotatable bonds is 2. The third-order valence-electron chi connectivity index (χ3n) is 3.70. The average Bonchev–Trinajstić information content (AvgIpc) is 2.71. The van der Waals surface area contributed by atoms with Crippen LogP contribution in [0.25, 0.3) is 0 Å². The van der Waals surface area contributed by atoms with Crippen molar-refractivity contribution in [2.45, 2.75) is 24.3 Å². The van der Waals surface area contributed by atoms with Crippen LogP contribution < -0.4 is 0 Å². The second-order valence-electron chi connectivity index (χ2n) is 5.02. The van der Waals surface area contributed by atoms with Crippen molar-refractivity contribution in [1.29, 1.82) is 0 Å². The number of nitrogens with zero attached hydrogens (tertiary/aromatic N) is 1. The smallest absolute Gasteiger partial charge is 0.207 e. The highest BCUT2D eigenvalue weighted by molar-refractivity contribution is 7.89. The summed E-state index contributed by atoms with van der Waals surface area (Å²) < 4.78 is 26.9. The summed E-state index contributed by atoms with van der Waals surface area (Å²) in [6.07, 6.45) is 1.81. The Balaban J connectivity index is 1.96. The zero-order valence-electron chi connectivity index (χ0n) is 11.2. The fourth-order valence-corrected chi connectivity index (χ4v) is 4.09. The van der Waals surface area contributed by atoms with E-state index in [2.05, 4.69) is 6.07 Å². The molecular weight excluding hydrogens is 270 g/mol. The van der Waals surface area contributed by atoms with E-state index in [0.29, 0.717) is 18.0 Å². The molecule has 104 valence electrons. The first-order chi connectivity index (χ1) is 9.68. The van der Waals surface area contributed by atoms with Gasteiger partial charge < -0.3 is 0 Å². The molecule has 1 aliphatic rings. The van der Waals surface area contributed by atoms with Crippen LogP contribution in [-0.4, -0.2) is 19.3 Å². The molecule has 3 rings (SSSR count). The van der Waals surface area contributed by atoms with Crippen molar-refractivity contribution in [2.24, 2.45) is 0 Å². The summed E-state index contributed by atoms with van der Waals surface area (Å²) in [5.41, 5.74) is 2.38. The predicted octanol–water partition coefficient (Wildman–Crippen LogP) is 2.82. The molecule has 0 fully saturated rings. The molecule has 0 atom stereocenters. The van der Waals surface area contributed by atoms with Gasteiger partial charge in [0.15, 0.2) is 0 Å². The maximum Gasteiger partial charge on any atom is 0.243 e. The second-order valence-corrected chi connectivity index (χ2v) is 6.96. The minimum Gasteiger partial charge on any atom is -0.207 e. The van der Waals surface area contributed by atoms with E-state index in [0.717, 1.165) is 18.4 Å². The summed E-state index contributed by atoms with van der Waals surface area (Å²) in [6, 6.07) is 16.8. The quantitative estimate of drug-likeness (QED) is 0.851.